The zero-order valence-corrected chi connectivity index (χ0v) is 27.1. The first-order valence-electron chi connectivity index (χ1n) is 16.0. The summed E-state index contributed by atoms with van der Waals surface area (Å²) in [6.07, 6.45) is -33.7. The Labute approximate surface area is 288 Å². The van der Waals surface area contributed by atoms with Crippen molar-refractivity contribution in [1.82, 2.24) is 10.6 Å². The lowest BCUT2D eigenvalue weighted by molar-refractivity contribution is -0.383. The highest BCUT2D eigenvalue weighted by molar-refractivity contribution is 5.74. The fourth-order valence-electron chi connectivity index (χ4n) is 6.70. The van der Waals surface area contributed by atoms with Gasteiger partial charge in [-0.25, -0.2) is 4.79 Å². The fraction of sp³-hybridized carbons (Fsp3) is 0.893. The first kappa shape index (κ1) is 39.9. The van der Waals surface area contributed by atoms with E-state index in [-0.39, 0.29) is 0 Å². The maximum atomic E-state index is 12.6. The van der Waals surface area contributed by atoms with Gasteiger partial charge in [0.2, 0.25) is 11.8 Å². The van der Waals surface area contributed by atoms with Gasteiger partial charge in [0.1, 0.15) is 91.4 Å². The van der Waals surface area contributed by atoms with Crippen LogP contribution in [-0.2, 0) is 52.3 Å². The molecule has 6 rings (SSSR count). The molecule has 2 amide bonds. The highest BCUT2D eigenvalue weighted by Gasteiger charge is 2.59. The van der Waals surface area contributed by atoms with Gasteiger partial charge in [0.15, 0.2) is 31.3 Å². The maximum absolute atomic E-state index is 12.6. The maximum Gasteiger partial charge on any atom is 0.335 e. The number of ether oxygens (including phenoxy) is 8. The van der Waals surface area contributed by atoms with Crippen molar-refractivity contribution in [1.29, 1.82) is 0 Å². The lowest BCUT2D eigenvalue weighted by Gasteiger charge is -2.49. The summed E-state index contributed by atoms with van der Waals surface area (Å²) in [5, 5.41) is 112. The zero-order chi connectivity index (χ0) is 37.5. The quantitative estimate of drug-likeness (QED) is 0.110. The summed E-state index contributed by atoms with van der Waals surface area (Å²) < 4.78 is 46.2. The Morgan fingerprint density at radius 1 is 0.549 bits per heavy atom. The van der Waals surface area contributed by atoms with E-state index in [0.717, 1.165) is 13.8 Å². The summed E-state index contributed by atoms with van der Waals surface area (Å²) in [5.74, 6) is -3.26. The molecule has 6 aliphatic rings. The van der Waals surface area contributed by atoms with Crippen LogP contribution in [0.5, 0.6) is 0 Å². The van der Waals surface area contributed by atoms with Crippen LogP contribution in [0.3, 0.4) is 0 Å². The Kier molecular flexibility index (Phi) is 12.8. The molecule has 20 atom stereocenters. The third kappa shape index (κ3) is 8.00. The van der Waals surface area contributed by atoms with E-state index in [9.17, 15) is 65.4 Å². The molecule has 0 saturated carbocycles. The second kappa shape index (κ2) is 16.4. The second-order valence-electron chi connectivity index (χ2n) is 12.7. The molecule has 0 aromatic carbocycles. The largest absolute Gasteiger partial charge is 0.479 e. The summed E-state index contributed by atoms with van der Waals surface area (Å²) in [5.41, 5.74) is 0. The smallest absolute Gasteiger partial charge is 0.335 e. The summed E-state index contributed by atoms with van der Waals surface area (Å²) >= 11 is 0. The van der Waals surface area contributed by atoms with Crippen molar-refractivity contribution in [2.24, 2.45) is 0 Å². The molecule has 23 heteroatoms. The molecule has 6 saturated heterocycles. The Morgan fingerprint density at radius 3 is 1.63 bits per heavy atom. The molecule has 12 N–H and O–H groups in total. The molecule has 0 aliphatic carbocycles. The Balaban J connectivity index is 1.63. The van der Waals surface area contributed by atoms with Crippen LogP contribution in [0, 0.1) is 0 Å². The number of hydrogen-bond acceptors (Lipinski definition) is 20. The minimum atomic E-state index is -2.19. The highest BCUT2D eigenvalue weighted by atomic mass is 16.8. The third-order valence-electron chi connectivity index (χ3n) is 9.23. The predicted molar refractivity (Wildman–Crippen MR) is 154 cm³/mol. The predicted octanol–water partition coefficient (Wildman–Crippen LogP) is -8.32. The van der Waals surface area contributed by atoms with Gasteiger partial charge in [-0.3, -0.25) is 9.59 Å². The number of aliphatic hydroxyl groups is 9. The van der Waals surface area contributed by atoms with Crippen LogP contribution in [0.15, 0.2) is 0 Å². The number of carbonyl (C=O) groups is 3. The first-order valence-corrected chi connectivity index (χ1v) is 16.0. The van der Waals surface area contributed by atoms with Crippen molar-refractivity contribution in [2.45, 2.75) is 137 Å². The molecule has 292 valence electrons. The lowest BCUT2D eigenvalue weighted by atomic mass is 9.94. The van der Waals surface area contributed by atoms with Crippen molar-refractivity contribution in [3.05, 3.63) is 0 Å². The van der Waals surface area contributed by atoms with Crippen molar-refractivity contribution in [3.63, 3.8) is 0 Å². The number of aliphatic hydroxyl groups excluding tert-OH is 9. The first-order chi connectivity index (χ1) is 24.1. The highest BCUT2D eigenvalue weighted by Crippen LogP contribution is 2.38. The van der Waals surface area contributed by atoms with Gasteiger partial charge >= 0.3 is 5.97 Å². The van der Waals surface area contributed by atoms with E-state index in [1.165, 1.54) is 0 Å². The van der Waals surface area contributed by atoms with Crippen molar-refractivity contribution < 1.29 is 103 Å². The number of carboxylic acids is 1. The summed E-state index contributed by atoms with van der Waals surface area (Å²) in [7, 11) is 0. The van der Waals surface area contributed by atoms with Crippen LogP contribution in [-0.4, -0.2) is 211 Å². The molecule has 6 fully saturated rings. The van der Waals surface area contributed by atoms with E-state index >= 15 is 0 Å². The van der Waals surface area contributed by atoms with E-state index in [2.05, 4.69) is 10.6 Å². The molecule has 0 aromatic rings. The molecule has 6 bridgehead atoms. The number of nitrogens with one attached hydrogen (secondary N) is 2. The molecular weight excluding hydrogens is 700 g/mol. The molecular formula is C28H44N2O21. The number of fused-ring (bicyclic) bond motifs is 2. The van der Waals surface area contributed by atoms with Crippen LogP contribution in [0.1, 0.15) is 13.8 Å². The lowest BCUT2D eigenvalue weighted by Crippen LogP contribution is -2.70. The molecule has 0 unspecified atom stereocenters. The van der Waals surface area contributed by atoms with Gasteiger partial charge in [-0.2, -0.15) is 0 Å². The Bertz CT molecular complexity index is 1230. The van der Waals surface area contributed by atoms with Crippen molar-refractivity contribution in [3.8, 4) is 0 Å². The van der Waals surface area contributed by atoms with Crippen LogP contribution >= 0.6 is 0 Å². The van der Waals surface area contributed by atoms with Gasteiger partial charge in [0.25, 0.3) is 0 Å². The van der Waals surface area contributed by atoms with Crippen molar-refractivity contribution in [2.75, 3.05) is 19.8 Å². The number of aliphatic carboxylic acids is 1. The summed E-state index contributed by atoms with van der Waals surface area (Å²) in [6.45, 7) is -0.544. The molecule has 6 aliphatic heterocycles. The number of carboxylic acid groups (broad SMARTS) is 1. The van der Waals surface area contributed by atoms with Crippen LogP contribution in [0.4, 0.5) is 0 Å². The minimum Gasteiger partial charge on any atom is -0.479 e. The third-order valence-corrected chi connectivity index (χ3v) is 9.23. The van der Waals surface area contributed by atoms with Gasteiger partial charge in [0, 0.05) is 13.8 Å². The average molecular weight is 745 g/mol. The molecule has 51 heavy (non-hydrogen) atoms. The molecule has 0 radical (unpaired) electrons. The van der Waals surface area contributed by atoms with E-state index < -0.39 is 160 Å². The summed E-state index contributed by atoms with van der Waals surface area (Å²) in [6, 6.07) is -3.19. The van der Waals surface area contributed by atoms with Crippen LogP contribution in [0.2, 0.25) is 0 Å². The molecule has 0 aromatic heterocycles. The molecule has 6 heterocycles. The Hall–Kier alpha value is -2.27. The SMILES string of the molecule is CC(=O)N[C@H]1[C@H](O[C@H]2[C@@H]3O[C@H]4[C@@H](O)[C@@H](CO)O[C@@H](O[C@H]5[C@H](O)[C@@H](CO)O[C@@H](O[C@@H]([C@@H]2O)[C@@H](C(=O)O)O3)[C@@H]5NC(C)=O)[C@@H]4O)O[C@H](CO)[C@@H](O)[C@@H]1O. The number of hydrogen-bond donors (Lipinski definition) is 12. The Morgan fingerprint density at radius 2 is 1.06 bits per heavy atom. The summed E-state index contributed by atoms with van der Waals surface area (Å²) in [4.78, 5) is 37.0. The van der Waals surface area contributed by atoms with Gasteiger partial charge in [-0.15, -0.1) is 0 Å². The van der Waals surface area contributed by atoms with Gasteiger partial charge in [0.05, 0.1) is 19.8 Å². The normalized spacial score (nSPS) is 48.8. The number of carbonyl (C=O) groups excluding carboxylic acids is 2. The average Bonchev–Trinajstić information content (AvgIpc) is 3.07. The fourth-order valence-corrected chi connectivity index (χ4v) is 6.70. The molecule has 23 nitrogen and oxygen atoms in total. The number of amides is 2. The van der Waals surface area contributed by atoms with E-state index in [1.807, 2.05) is 0 Å². The standard InChI is InChI=1S/C28H44N2O21/c1-6(34)29-11-16(39)13(36)8(3-31)44-25(11)50-22-17(40)21-23(24(42)43)51-28(22)48-20-15(38)10(5-33)46-27(18(20)41)47-19-12(30-7(2)35)26(49-21)45-9(4-32)14(19)37/h8-23,25-28,31-33,36-41H,3-5H2,1-2H3,(H,29,34)(H,30,35)(H,42,43)/t8-,9-,10-,11-,12-,13-,14-,15+,16-,17+,18-,19-,20+,21+,22-,23+,25+,26+,27+,28-/m1/s1. The van der Waals surface area contributed by atoms with E-state index in [0.29, 0.717) is 0 Å². The van der Waals surface area contributed by atoms with E-state index in [4.69, 9.17) is 37.9 Å². The van der Waals surface area contributed by atoms with Crippen LogP contribution in [0.25, 0.3) is 0 Å². The monoisotopic (exact) mass is 744 g/mol. The van der Waals surface area contributed by atoms with Gasteiger partial charge < -0.3 is 99.6 Å². The topological polar surface area (TPSA) is 351 Å². The van der Waals surface area contributed by atoms with Gasteiger partial charge in [-0.05, 0) is 0 Å². The van der Waals surface area contributed by atoms with Crippen molar-refractivity contribution >= 4 is 17.8 Å². The van der Waals surface area contributed by atoms with Gasteiger partial charge in [-0.1, -0.05) is 0 Å². The van der Waals surface area contributed by atoms with E-state index in [1.54, 1.807) is 0 Å². The van der Waals surface area contributed by atoms with Crippen LogP contribution < -0.4 is 10.6 Å². The molecule has 0 spiro atoms. The minimum absolute atomic E-state index is 0.743. The zero-order valence-electron chi connectivity index (χ0n) is 27.1. The second-order valence-corrected chi connectivity index (χ2v) is 12.7. The number of rotatable bonds is 8.